The second-order valence-electron chi connectivity index (χ2n) is 0.962. The smallest absolute Gasteiger partial charge is 0.214 e. The third-order valence-corrected chi connectivity index (χ3v) is 0.556. The summed E-state index contributed by atoms with van der Waals surface area (Å²) in [5, 5.41) is 0. The first-order valence-corrected chi connectivity index (χ1v) is 1.67. The van der Waals surface area contributed by atoms with Crippen molar-refractivity contribution in [3.63, 3.8) is 0 Å². The second kappa shape index (κ2) is 3.19. The number of rotatable bonds is 0. The van der Waals surface area contributed by atoms with E-state index in [2.05, 4.69) is 0 Å². The van der Waals surface area contributed by atoms with Crippen molar-refractivity contribution in [1.29, 1.82) is 0 Å². The fourth-order valence-electron chi connectivity index (χ4n) is 0.321. The molecule has 0 saturated heterocycles. The van der Waals surface area contributed by atoms with Crippen LogP contribution in [0, 0.1) is 0 Å². The van der Waals surface area contributed by atoms with Gasteiger partial charge in [0, 0.05) is 0 Å². The average Bonchev–Trinajstić information content (AvgIpc) is 1.76. The summed E-state index contributed by atoms with van der Waals surface area (Å²) in [4.78, 5) is 0. The van der Waals surface area contributed by atoms with Gasteiger partial charge in [0.2, 0.25) is 0 Å². The van der Waals surface area contributed by atoms with Crippen molar-refractivity contribution in [3.8, 4) is 0 Å². The molecule has 0 aliphatic rings. The van der Waals surface area contributed by atoms with Gasteiger partial charge in [-0.2, -0.15) is 18.2 Å². The third-order valence-electron chi connectivity index (χ3n) is 0.556. The Bertz CT molecular complexity index is 60.4. The Morgan fingerprint density at radius 2 is 1.50 bits per heavy atom. The third kappa shape index (κ3) is 1.43. The molecule has 1 aromatic carbocycles. The van der Waals surface area contributed by atoms with Gasteiger partial charge in [-0.15, -0.1) is 0 Å². The minimum absolute atomic E-state index is 0. The van der Waals surface area contributed by atoms with Crippen LogP contribution in [0.15, 0.2) is 30.3 Å². The molecule has 0 unspecified atom stereocenters. The molecule has 0 spiro atoms. The van der Waals surface area contributed by atoms with Crippen molar-refractivity contribution >= 4 is 0 Å². The zero-order valence-electron chi connectivity index (χ0n) is 3.24. The molecule has 0 amide bonds. The maximum Gasteiger partial charge on any atom is 1.00 e. The molecule has 0 N–H and O–H groups in total. The second-order valence-corrected chi connectivity index (χ2v) is 0.962. The van der Waals surface area contributed by atoms with Gasteiger partial charge < -0.3 is 0 Å². The van der Waals surface area contributed by atoms with Crippen molar-refractivity contribution in [2.45, 2.75) is 0 Å². The molecular weight excluding hydrogens is 250 g/mol. The van der Waals surface area contributed by atoms with E-state index in [4.69, 9.17) is 0 Å². The molecule has 0 bridgehead atoms. The molecule has 1 heteroatoms. The van der Waals surface area contributed by atoms with Gasteiger partial charge >= 0.3 is 19.8 Å². The number of hydrogen-bond acceptors (Lipinski definition) is 0. The maximum atomic E-state index is 2.00. The predicted octanol–water partition coefficient (Wildman–Crippen LogP) is 1.40. The molecule has 1 aromatic rings. The van der Waals surface area contributed by atoms with Crippen molar-refractivity contribution in [2.75, 3.05) is 0 Å². The molecule has 1 radical (unpaired) electrons. The molecular formula is C5H5Os. The predicted molar refractivity (Wildman–Crippen MR) is 22.0 cm³/mol. The van der Waals surface area contributed by atoms with E-state index in [0.717, 1.165) is 0 Å². The van der Waals surface area contributed by atoms with Crippen LogP contribution in [0.2, 0.25) is 0 Å². The normalized spacial score (nSPS) is 6.67. The van der Waals surface area contributed by atoms with E-state index in [1.54, 1.807) is 0 Å². The van der Waals surface area contributed by atoms with Crippen LogP contribution >= 0.6 is 0 Å². The Balaban J connectivity index is 0.000000250. The van der Waals surface area contributed by atoms with Gasteiger partial charge in [0.1, 0.15) is 0 Å². The van der Waals surface area contributed by atoms with Gasteiger partial charge in [0.05, 0.1) is 0 Å². The molecule has 0 saturated carbocycles. The summed E-state index contributed by atoms with van der Waals surface area (Å²) in [6.45, 7) is 0. The Labute approximate surface area is 50.6 Å². The zero-order valence-corrected chi connectivity index (χ0v) is 5.78. The van der Waals surface area contributed by atoms with E-state index in [1.807, 2.05) is 30.3 Å². The van der Waals surface area contributed by atoms with Crippen LogP contribution in [0.5, 0.6) is 0 Å². The van der Waals surface area contributed by atoms with E-state index >= 15 is 0 Å². The van der Waals surface area contributed by atoms with Crippen LogP contribution in [0.3, 0.4) is 0 Å². The summed E-state index contributed by atoms with van der Waals surface area (Å²) in [5.41, 5.74) is 0. The minimum atomic E-state index is 0. The molecule has 0 aliphatic heterocycles. The SMILES string of the molecule is [Os+].c1cc[cH-]c1. The van der Waals surface area contributed by atoms with Crippen molar-refractivity contribution in [3.05, 3.63) is 30.3 Å². The summed E-state index contributed by atoms with van der Waals surface area (Å²) in [6, 6.07) is 10.0. The molecule has 0 fully saturated rings. The molecule has 33 valence electrons. The first-order chi connectivity index (χ1) is 2.50. The first kappa shape index (κ1) is 5.99. The van der Waals surface area contributed by atoms with E-state index in [9.17, 15) is 0 Å². The first-order valence-electron chi connectivity index (χ1n) is 1.67. The van der Waals surface area contributed by atoms with Gasteiger partial charge in [-0.05, 0) is 0 Å². The van der Waals surface area contributed by atoms with Crippen LogP contribution in [0.4, 0.5) is 0 Å². The summed E-state index contributed by atoms with van der Waals surface area (Å²) in [6.07, 6.45) is 0. The summed E-state index contributed by atoms with van der Waals surface area (Å²) < 4.78 is 0. The fraction of sp³-hybridized carbons (Fsp3) is 0. The van der Waals surface area contributed by atoms with Gasteiger partial charge in [0.15, 0.2) is 0 Å². The molecule has 0 nitrogen and oxygen atoms in total. The molecule has 0 aliphatic carbocycles. The fourth-order valence-corrected chi connectivity index (χ4v) is 0.321. The topological polar surface area (TPSA) is 0 Å². The molecule has 0 aromatic heterocycles. The molecule has 0 heterocycles. The van der Waals surface area contributed by atoms with E-state index < -0.39 is 0 Å². The van der Waals surface area contributed by atoms with Crippen molar-refractivity contribution in [1.82, 2.24) is 0 Å². The van der Waals surface area contributed by atoms with Gasteiger partial charge in [0.25, 0.3) is 0 Å². The number of hydrogen-bond donors (Lipinski definition) is 0. The molecule has 0 atom stereocenters. The Morgan fingerprint density at radius 3 is 1.67 bits per heavy atom. The van der Waals surface area contributed by atoms with Crippen LogP contribution in [0.25, 0.3) is 0 Å². The standard InChI is InChI=1S/C5H5.Os/c1-2-4-5-3-1;/h1-5H;/q-1;+1. The van der Waals surface area contributed by atoms with Crippen LogP contribution in [0.1, 0.15) is 0 Å². The Morgan fingerprint density at radius 1 is 1.00 bits per heavy atom. The van der Waals surface area contributed by atoms with Crippen LogP contribution < -0.4 is 0 Å². The van der Waals surface area contributed by atoms with E-state index in [-0.39, 0.29) is 19.8 Å². The summed E-state index contributed by atoms with van der Waals surface area (Å²) in [7, 11) is 0. The van der Waals surface area contributed by atoms with Crippen LogP contribution in [-0.2, 0) is 19.8 Å². The molecule has 1 rings (SSSR count). The van der Waals surface area contributed by atoms with Crippen LogP contribution in [-0.4, -0.2) is 0 Å². The summed E-state index contributed by atoms with van der Waals surface area (Å²) >= 11 is 0. The van der Waals surface area contributed by atoms with E-state index in [0.29, 0.717) is 0 Å². The van der Waals surface area contributed by atoms with Gasteiger partial charge in [-0.3, -0.25) is 0 Å². The van der Waals surface area contributed by atoms with Crippen molar-refractivity contribution < 1.29 is 19.8 Å². The zero-order chi connectivity index (χ0) is 3.54. The van der Waals surface area contributed by atoms with Gasteiger partial charge in [-0.25, -0.2) is 12.1 Å². The Hall–Kier alpha value is -0.0136. The molecule has 6 heavy (non-hydrogen) atoms. The Kier molecular flexibility index (Phi) is 3.18. The largest absolute Gasteiger partial charge is 1.00 e. The monoisotopic (exact) mass is 257 g/mol. The quantitative estimate of drug-likeness (QED) is 0.615. The van der Waals surface area contributed by atoms with Crippen molar-refractivity contribution in [2.24, 2.45) is 0 Å². The van der Waals surface area contributed by atoms with Gasteiger partial charge in [-0.1, -0.05) is 0 Å². The van der Waals surface area contributed by atoms with E-state index in [1.165, 1.54) is 0 Å². The minimum Gasteiger partial charge on any atom is -0.214 e. The average molecular weight is 255 g/mol. The summed E-state index contributed by atoms with van der Waals surface area (Å²) in [5.74, 6) is 0. The maximum absolute atomic E-state index is 2.00.